The van der Waals surface area contributed by atoms with Crippen LogP contribution in [0.1, 0.15) is 11.3 Å². The molecule has 0 aliphatic rings. The van der Waals surface area contributed by atoms with Crippen molar-refractivity contribution in [1.82, 2.24) is 4.98 Å². The highest BCUT2D eigenvalue weighted by Gasteiger charge is 2.11. The van der Waals surface area contributed by atoms with Gasteiger partial charge in [0.05, 0.1) is 22.8 Å². The van der Waals surface area contributed by atoms with Crippen LogP contribution in [0.3, 0.4) is 0 Å². The van der Waals surface area contributed by atoms with Crippen LogP contribution in [0.15, 0.2) is 30.3 Å². The molecule has 0 bridgehead atoms. The van der Waals surface area contributed by atoms with Crippen molar-refractivity contribution in [3.63, 3.8) is 0 Å². The van der Waals surface area contributed by atoms with Crippen molar-refractivity contribution in [3.8, 4) is 11.5 Å². The van der Waals surface area contributed by atoms with Gasteiger partial charge in [0.15, 0.2) is 23.9 Å². The quantitative estimate of drug-likeness (QED) is 0.557. The van der Waals surface area contributed by atoms with Crippen molar-refractivity contribution < 1.29 is 24.2 Å². The van der Waals surface area contributed by atoms with Crippen LogP contribution in [0.25, 0.3) is 6.08 Å². The molecule has 0 saturated heterocycles. The van der Waals surface area contributed by atoms with Crippen molar-refractivity contribution in [2.24, 2.45) is 0 Å². The Hall–Kier alpha value is -2.77. The van der Waals surface area contributed by atoms with E-state index >= 15 is 0 Å². The minimum Gasteiger partial charge on any atom is -0.504 e. The van der Waals surface area contributed by atoms with Crippen LogP contribution in [-0.4, -0.2) is 35.7 Å². The first-order valence-corrected chi connectivity index (χ1v) is 8.40. The molecule has 1 aromatic carbocycles. The summed E-state index contributed by atoms with van der Waals surface area (Å²) in [5, 5.41) is 12.5. The molecule has 0 saturated carbocycles. The lowest BCUT2D eigenvalue weighted by Crippen LogP contribution is -2.21. The molecule has 142 valence electrons. The molecule has 2 aromatic rings. The number of carbonyl (C=O) groups excluding carboxylic acids is 2. The number of aromatic nitrogens is 1. The fraction of sp³-hybridized carbons (Fsp3) is 0.167. The van der Waals surface area contributed by atoms with Crippen LogP contribution in [0.2, 0.25) is 10.0 Å². The number of aromatic hydroxyl groups is 1. The zero-order valence-electron chi connectivity index (χ0n) is 14.5. The summed E-state index contributed by atoms with van der Waals surface area (Å²) in [6.45, 7) is 1.15. The number of anilines is 1. The Balaban J connectivity index is 1.90. The Labute approximate surface area is 165 Å². The van der Waals surface area contributed by atoms with E-state index in [2.05, 4.69) is 10.3 Å². The number of phenolic OH excluding ortho intramolecular Hbond substituents is 1. The molecule has 0 fully saturated rings. The number of nitrogens with zero attached hydrogens (tertiary/aromatic N) is 1. The third kappa shape index (κ3) is 5.87. The van der Waals surface area contributed by atoms with Crippen molar-refractivity contribution >= 4 is 47.0 Å². The van der Waals surface area contributed by atoms with Crippen LogP contribution < -0.4 is 10.1 Å². The fourth-order valence-corrected chi connectivity index (χ4v) is 2.37. The number of amides is 1. The summed E-state index contributed by atoms with van der Waals surface area (Å²) in [7, 11) is 1.42. The number of carbonyl (C=O) groups is 2. The minimum absolute atomic E-state index is 0.0152. The zero-order valence-corrected chi connectivity index (χ0v) is 16.0. The molecule has 2 rings (SSSR count). The van der Waals surface area contributed by atoms with Crippen LogP contribution in [0.4, 0.5) is 5.82 Å². The smallest absolute Gasteiger partial charge is 0.331 e. The SMILES string of the molecule is COc1cc(/C=C/C(=O)OCC(=O)Nc2nc(C)c(Cl)cc2Cl)ccc1O. The lowest BCUT2D eigenvalue weighted by molar-refractivity contribution is -0.142. The van der Waals surface area contributed by atoms with Gasteiger partial charge < -0.3 is 19.9 Å². The van der Waals surface area contributed by atoms with Gasteiger partial charge in [0.25, 0.3) is 5.91 Å². The molecule has 0 aliphatic heterocycles. The molecule has 0 spiro atoms. The van der Waals surface area contributed by atoms with Gasteiger partial charge >= 0.3 is 5.97 Å². The van der Waals surface area contributed by atoms with Gasteiger partial charge in [-0.15, -0.1) is 0 Å². The summed E-state index contributed by atoms with van der Waals surface area (Å²) in [5.41, 5.74) is 1.11. The number of benzene rings is 1. The van der Waals surface area contributed by atoms with Crippen molar-refractivity contribution in [2.45, 2.75) is 6.92 Å². The summed E-state index contributed by atoms with van der Waals surface area (Å²) >= 11 is 11.8. The van der Waals surface area contributed by atoms with Gasteiger partial charge in [-0.3, -0.25) is 4.79 Å². The Bertz CT molecular complexity index is 900. The van der Waals surface area contributed by atoms with E-state index in [9.17, 15) is 14.7 Å². The average molecular weight is 411 g/mol. The first-order chi connectivity index (χ1) is 12.8. The maximum absolute atomic E-state index is 11.9. The van der Waals surface area contributed by atoms with E-state index in [4.69, 9.17) is 32.7 Å². The van der Waals surface area contributed by atoms with E-state index < -0.39 is 18.5 Å². The van der Waals surface area contributed by atoms with E-state index in [1.165, 1.54) is 25.3 Å². The molecule has 1 amide bonds. The maximum Gasteiger partial charge on any atom is 0.331 e. The monoisotopic (exact) mass is 410 g/mol. The summed E-state index contributed by atoms with van der Waals surface area (Å²) in [4.78, 5) is 27.7. The zero-order chi connectivity index (χ0) is 20.0. The second-order valence-electron chi connectivity index (χ2n) is 5.31. The number of hydrogen-bond acceptors (Lipinski definition) is 6. The van der Waals surface area contributed by atoms with E-state index in [1.54, 1.807) is 19.1 Å². The van der Waals surface area contributed by atoms with E-state index in [-0.39, 0.29) is 22.3 Å². The van der Waals surface area contributed by atoms with Gasteiger partial charge in [-0.2, -0.15) is 0 Å². The van der Waals surface area contributed by atoms with E-state index in [1.807, 2.05) is 0 Å². The topological polar surface area (TPSA) is 97.8 Å². The number of hydrogen-bond donors (Lipinski definition) is 2. The Kier molecular flexibility index (Phi) is 7.04. The standard InChI is InChI=1S/C18H16Cl2N2O5/c1-10-12(19)8-13(20)18(21-10)22-16(24)9-27-17(25)6-4-11-3-5-14(23)15(7-11)26-2/h3-8,23H,9H2,1-2H3,(H,21,22,24)/b6-4+. The second-order valence-corrected chi connectivity index (χ2v) is 6.12. The van der Waals surface area contributed by atoms with Crippen LogP contribution in [0, 0.1) is 6.92 Å². The normalized spacial score (nSPS) is 10.7. The average Bonchev–Trinajstić information content (AvgIpc) is 2.63. The summed E-state index contributed by atoms with van der Waals surface area (Å²) in [6.07, 6.45) is 2.61. The molecule has 1 heterocycles. The third-order valence-electron chi connectivity index (χ3n) is 3.32. The molecule has 0 radical (unpaired) electrons. The van der Waals surface area contributed by atoms with Crippen LogP contribution in [0.5, 0.6) is 11.5 Å². The number of phenols is 1. The Morgan fingerprint density at radius 3 is 2.70 bits per heavy atom. The molecule has 0 atom stereocenters. The van der Waals surface area contributed by atoms with Gasteiger partial charge in [0.1, 0.15) is 0 Å². The molecular weight excluding hydrogens is 395 g/mol. The number of rotatable bonds is 6. The molecule has 7 nitrogen and oxygen atoms in total. The number of methoxy groups -OCH3 is 1. The lowest BCUT2D eigenvalue weighted by atomic mass is 10.2. The third-order valence-corrected chi connectivity index (χ3v) is 3.99. The minimum atomic E-state index is -0.719. The van der Waals surface area contributed by atoms with Gasteiger partial charge in [-0.05, 0) is 36.8 Å². The highest BCUT2D eigenvalue weighted by molar-refractivity contribution is 6.36. The summed E-state index contributed by atoms with van der Waals surface area (Å²) in [6, 6.07) is 6.02. The van der Waals surface area contributed by atoms with Gasteiger partial charge in [-0.25, -0.2) is 9.78 Å². The number of nitrogens with one attached hydrogen (secondary N) is 1. The summed E-state index contributed by atoms with van der Waals surface area (Å²) < 4.78 is 9.83. The number of pyridine rings is 1. The molecular formula is C18H16Cl2N2O5. The number of ether oxygens (including phenoxy) is 2. The number of halogens is 2. The molecule has 1 aromatic heterocycles. The van der Waals surface area contributed by atoms with E-state index in [0.717, 1.165) is 6.08 Å². The van der Waals surface area contributed by atoms with E-state index in [0.29, 0.717) is 16.3 Å². The maximum atomic E-state index is 11.9. The van der Waals surface area contributed by atoms with Crippen molar-refractivity contribution in [1.29, 1.82) is 0 Å². The molecule has 9 heteroatoms. The van der Waals surface area contributed by atoms with Crippen molar-refractivity contribution in [3.05, 3.63) is 51.6 Å². The first kappa shape index (κ1) is 20.5. The Morgan fingerprint density at radius 2 is 2.00 bits per heavy atom. The number of aryl methyl sites for hydroxylation is 1. The molecule has 0 aliphatic carbocycles. The predicted octanol–water partition coefficient (Wildman–Crippen LogP) is 3.61. The molecule has 27 heavy (non-hydrogen) atoms. The highest BCUT2D eigenvalue weighted by atomic mass is 35.5. The fourth-order valence-electron chi connectivity index (χ4n) is 1.96. The molecule has 2 N–H and O–H groups in total. The highest BCUT2D eigenvalue weighted by Crippen LogP contribution is 2.27. The largest absolute Gasteiger partial charge is 0.504 e. The first-order valence-electron chi connectivity index (χ1n) is 7.64. The van der Waals surface area contributed by atoms with Crippen molar-refractivity contribution in [2.75, 3.05) is 19.0 Å². The number of esters is 1. The molecule has 0 unspecified atom stereocenters. The van der Waals surface area contributed by atoms with Crippen LogP contribution >= 0.6 is 23.2 Å². The second kappa shape index (κ2) is 9.25. The Morgan fingerprint density at radius 1 is 1.26 bits per heavy atom. The van der Waals surface area contributed by atoms with Gasteiger partial charge in [-0.1, -0.05) is 29.3 Å². The van der Waals surface area contributed by atoms with Crippen LogP contribution in [-0.2, 0) is 14.3 Å². The summed E-state index contributed by atoms with van der Waals surface area (Å²) in [5.74, 6) is -0.930. The van der Waals surface area contributed by atoms with Gasteiger partial charge in [0.2, 0.25) is 0 Å². The predicted molar refractivity (Wildman–Crippen MR) is 102 cm³/mol. The lowest BCUT2D eigenvalue weighted by Gasteiger charge is -2.08. The van der Waals surface area contributed by atoms with Gasteiger partial charge in [0, 0.05) is 6.08 Å².